The lowest BCUT2D eigenvalue weighted by atomic mass is 10.1. The summed E-state index contributed by atoms with van der Waals surface area (Å²) in [6.07, 6.45) is 0.964. The van der Waals surface area contributed by atoms with Crippen molar-refractivity contribution in [2.45, 2.75) is 25.8 Å². The van der Waals surface area contributed by atoms with Crippen LogP contribution in [0, 0.1) is 0 Å². The topological polar surface area (TPSA) is 53.0 Å². The summed E-state index contributed by atoms with van der Waals surface area (Å²) >= 11 is 0. The Balaban J connectivity index is 1.86. The first-order valence-corrected chi connectivity index (χ1v) is 7.45. The van der Waals surface area contributed by atoms with Gasteiger partial charge >= 0.3 is 5.97 Å². The second-order valence-electron chi connectivity index (χ2n) is 5.51. The van der Waals surface area contributed by atoms with Gasteiger partial charge in [0.1, 0.15) is 5.75 Å². The van der Waals surface area contributed by atoms with Crippen LogP contribution in [0.25, 0.3) is 0 Å². The van der Waals surface area contributed by atoms with Crippen LogP contribution in [0.15, 0.2) is 24.3 Å². The second kappa shape index (κ2) is 7.31. The molecule has 1 atom stereocenters. The maximum absolute atomic E-state index is 10.6. The van der Waals surface area contributed by atoms with Crippen molar-refractivity contribution in [3.63, 3.8) is 0 Å². The summed E-state index contributed by atoms with van der Waals surface area (Å²) in [5.74, 6) is 0.168. The predicted octanol–water partition coefficient (Wildman–Crippen LogP) is 2.07. The molecule has 1 aromatic carbocycles. The molecule has 0 amide bonds. The Morgan fingerprint density at radius 3 is 2.67 bits per heavy atom. The van der Waals surface area contributed by atoms with Gasteiger partial charge < -0.3 is 14.7 Å². The van der Waals surface area contributed by atoms with Gasteiger partial charge in [0.2, 0.25) is 0 Å². The van der Waals surface area contributed by atoms with Crippen molar-refractivity contribution in [1.29, 1.82) is 0 Å². The molecule has 2 rings (SSSR count). The fraction of sp³-hybridized carbons (Fsp3) is 0.562. The minimum absolute atomic E-state index is 0.247. The molecule has 1 saturated heterocycles. The summed E-state index contributed by atoms with van der Waals surface area (Å²) in [6, 6.07) is 8.45. The van der Waals surface area contributed by atoms with E-state index in [0.717, 1.165) is 31.9 Å². The summed E-state index contributed by atoms with van der Waals surface area (Å²) < 4.78 is 5.27. The maximum atomic E-state index is 10.6. The number of rotatable bonds is 6. The number of anilines is 1. The van der Waals surface area contributed by atoms with Gasteiger partial charge in [0.25, 0.3) is 0 Å². The SMILES string of the molecule is COc1cccc(N2CCN(C(C)CCC(=O)O)CC2)c1. The van der Waals surface area contributed by atoms with Gasteiger partial charge in [-0.1, -0.05) is 6.07 Å². The zero-order chi connectivity index (χ0) is 15.2. The highest BCUT2D eigenvalue weighted by molar-refractivity contribution is 5.66. The number of piperazine rings is 1. The van der Waals surface area contributed by atoms with Crippen LogP contribution in [0.5, 0.6) is 5.75 Å². The van der Waals surface area contributed by atoms with Crippen molar-refractivity contribution < 1.29 is 14.6 Å². The molecule has 1 fully saturated rings. The molecule has 1 aliphatic rings. The third-order valence-corrected chi connectivity index (χ3v) is 4.13. The molecule has 21 heavy (non-hydrogen) atoms. The molecule has 1 N–H and O–H groups in total. The summed E-state index contributed by atoms with van der Waals surface area (Å²) in [6.45, 7) is 5.98. The molecule has 0 aliphatic carbocycles. The predicted molar refractivity (Wildman–Crippen MR) is 83.1 cm³/mol. The maximum Gasteiger partial charge on any atom is 0.303 e. The zero-order valence-corrected chi connectivity index (χ0v) is 12.8. The van der Waals surface area contributed by atoms with Crippen molar-refractivity contribution in [3.05, 3.63) is 24.3 Å². The summed E-state index contributed by atoms with van der Waals surface area (Å²) in [5, 5.41) is 8.76. The fourth-order valence-corrected chi connectivity index (χ4v) is 2.74. The minimum Gasteiger partial charge on any atom is -0.497 e. The van der Waals surface area contributed by atoms with E-state index in [0.29, 0.717) is 12.5 Å². The van der Waals surface area contributed by atoms with Crippen LogP contribution in [-0.4, -0.2) is 55.3 Å². The van der Waals surface area contributed by atoms with Crippen molar-refractivity contribution in [2.24, 2.45) is 0 Å². The molecule has 0 radical (unpaired) electrons. The standard InChI is InChI=1S/C16H24N2O3/c1-13(6-7-16(19)20)17-8-10-18(11-9-17)14-4-3-5-15(12-14)21-2/h3-5,12-13H,6-11H2,1-2H3,(H,19,20). The number of carboxylic acids is 1. The second-order valence-corrected chi connectivity index (χ2v) is 5.51. The van der Waals surface area contributed by atoms with E-state index in [2.05, 4.69) is 28.9 Å². The van der Waals surface area contributed by atoms with Crippen LogP contribution in [0.2, 0.25) is 0 Å². The van der Waals surface area contributed by atoms with Crippen molar-refractivity contribution in [2.75, 3.05) is 38.2 Å². The van der Waals surface area contributed by atoms with Crippen LogP contribution in [0.4, 0.5) is 5.69 Å². The molecule has 116 valence electrons. The number of ether oxygens (including phenoxy) is 1. The Hall–Kier alpha value is -1.75. The van der Waals surface area contributed by atoms with E-state index in [1.165, 1.54) is 5.69 Å². The third kappa shape index (κ3) is 4.36. The van der Waals surface area contributed by atoms with Gasteiger partial charge in [-0.05, 0) is 25.5 Å². The summed E-state index contributed by atoms with van der Waals surface area (Å²) in [7, 11) is 1.68. The highest BCUT2D eigenvalue weighted by atomic mass is 16.5. The normalized spacial score (nSPS) is 17.5. The van der Waals surface area contributed by atoms with Gasteiger partial charge in [-0.3, -0.25) is 9.69 Å². The molecule has 1 heterocycles. The Kier molecular flexibility index (Phi) is 5.44. The first kappa shape index (κ1) is 15.6. The van der Waals surface area contributed by atoms with E-state index in [-0.39, 0.29) is 6.42 Å². The van der Waals surface area contributed by atoms with Gasteiger partial charge in [0, 0.05) is 50.4 Å². The van der Waals surface area contributed by atoms with E-state index in [1.54, 1.807) is 7.11 Å². The largest absolute Gasteiger partial charge is 0.497 e. The molecule has 0 aromatic heterocycles. The van der Waals surface area contributed by atoms with E-state index in [4.69, 9.17) is 9.84 Å². The fourth-order valence-electron chi connectivity index (χ4n) is 2.74. The van der Waals surface area contributed by atoms with Crippen LogP contribution >= 0.6 is 0 Å². The molecular weight excluding hydrogens is 268 g/mol. The highest BCUT2D eigenvalue weighted by Gasteiger charge is 2.21. The molecule has 1 aromatic rings. The van der Waals surface area contributed by atoms with Crippen molar-refractivity contribution in [1.82, 2.24) is 4.90 Å². The Morgan fingerprint density at radius 1 is 1.33 bits per heavy atom. The van der Waals surface area contributed by atoms with Crippen LogP contribution in [0.3, 0.4) is 0 Å². The quantitative estimate of drug-likeness (QED) is 0.870. The Bertz CT molecular complexity index is 470. The molecule has 0 saturated carbocycles. The lowest BCUT2D eigenvalue weighted by Crippen LogP contribution is -2.49. The number of benzene rings is 1. The average Bonchev–Trinajstić information content (AvgIpc) is 2.52. The number of hydrogen-bond acceptors (Lipinski definition) is 4. The lowest BCUT2D eigenvalue weighted by molar-refractivity contribution is -0.137. The molecule has 5 heteroatoms. The number of nitrogens with zero attached hydrogens (tertiary/aromatic N) is 2. The molecule has 1 aliphatic heterocycles. The van der Waals surface area contributed by atoms with Gasteiger partial charge in [-0.2, -0.15) is 0 Å². The molecule has 0 bridgehead atoms. The van der Waals surface area contributed by atoms with E-state index in [1.807, 2.05) is 12.1 Å². The minimum atomic E-state index is -0.711. The first-order chi connectivity index (χ1) is 10.1. The number of methoxy groups -OCH3 is 1. The lowest BCUT2D eigenvalue weighted by Gasteiger charge is -2.39. The van der Waals surface area contributed by atoms with Gasteiger partial charge in [0.05, 0.1) is 7.11 Å². The van der Waals surface area contributed by atoms with E-state index < -0.39 is 5.97 Å². The van der Waals surface area contributed by atoms with Crippen LogP contribution in [0.1, 0.15) is 19.8 Å². The number of carbonyl (C=O) groups is 1. The zero-order valence-electron chi connectivity index (χ0n) is 12.8. The molecule has 5 nitrogen and oxygen atoms in total. The van der Waals surface area contributed by atoms with Crippen molar-refractivity contribution >= 4 is 11.7 Å². The number of aliphatic carboxylic acids is 1. The smallest absolute Gasteiger partial charge is 0.303 e. The van der Waals surface area contributed by atoms with Gasteiger partial charge in [0.15, 0.2) is 0 Å². The Labute approximate surface area is 126 Å². The number of hydrogen-bond donors (Lipinski definition) is 1. The first-order valence-electron chi connectivity index (χ1n) is 7.45. The van der Waals surface area contributed by atoms with E-state index in [9.17, 15) is 4.79 Å². The van der Waals surface area contributed by atoms with E-state index >= 15 is 0 Å². The van der Waals surface area contributed by atoms with Crippen LogP contribution < -0.4 is 9.64 Å². The van der Waals surface area contributed by atoms with Crippen molar-refractivity contribution in [3.8, 4) is 5.75 Å². The molecular formula is C16H24N2O3. The van der Waals surface area contributed by atoms with Gasteiger partial charge in [-0.15, -0.1) is 0 Å². The highest BCUT2D eigenvalue weighted by Crippen LogP contribution is 2.22. The van der Waals surface area contributed by atoms with Crippen LogP contribution in [-0.2, 0) is 4.79 Å². The Morgan fingerprint density at radius 2 is 2.05 bits per heavy atom. The molecule has 1 unspecified atom stereocenters. The van der Waals surface area contributed by atoms with Gasteiger partial charge in [-0.25, -0.2) is 0 Å². The average molecular weight is 292 g/mol. The number of carboxylic acid groups (broad SMARTS) is 1. The monoisotopic (exact) mass is 292 g/mol. The summed E-state index contributed by atoms with van der Waals surface area (Å²) in [5.41, 5.74) is 1.19. The summed E-state index contributed by atoms with van der Waals surface area (Å²) in [4.78, 5) is 15.4. The third-order valence-electron chi connectivity index (χ3n) is 4.13. The molecule has 0 spiro atoms.